The van der Waals surface area contributed by atoms with Crippen LogP contribution in [-0.2, 0) is 31.5 Å². The van der Waals surface area contributed by atoms with Crippen LogP contribution in [0.3, 0.4) is 0 Å². The molecule has 2 aliphatic rings. The van der Waals surface area contributed by atoms with Gasteiger partial charge in [0, 0.05) is 18.8 Å². The van der Waals surface area contributed by atoms with Crippen LogP contribution in [0.4, 0.5) is 32.0 Å². The van der Waals surface area contributed by atoms with Crippen LogP contribution in [0.2, 0.25) is 0 Å². The number of alkyl halides is 6. The summed E-state index contributed by atoms with van der Waals surface area (Å²) in [6.07, 6.45) is -8.11. The molecule has 0 saturated carbocycles. The van der Waals surface area contributed by atoms with Crippen molar-refractivity contribution < 1.29 is 45.5 Å². The summed E-state index contributed by atoms with van der Waals surface area (Å²) in [5.74, 6) is -1.47. The fraction of sp³-hybridized carbons (Fsp3) is 0.565. The van der Waals surface area contributed by atoms with E-state index in [1.165, 1.54) is 23.8 Å². The molecule has 0 bridgehead atoms. The predicted molar refractivity (Wildman–Crippen MR) is 127 cm³/mol. The highest BCUT2D eigenvalue weighted by Gasteiger charge is 2.43. The van der Waals surface area contributed by atoms with E-state index in [0.29, 0.717) is 44.4 Å². The zero-order valence-electron chi connectivity index (χ0n) is 20.4. The maximum atomic E-state index is 13.2. The quantitative estimate of drug-likeness (QED) is 0.319. The second kappa shape index (κ2) is 11.3. The number of thiocarbonyl (C=S) groups is 1. The van der Waals surface area contributed by atoms with Gasteiger partial charge in [-0.1, -0.05) is 0 Å². The summed E-state index contributed by atoms with van der Waals surface area (Å²) >= 11 is 5.02. The van der Waals surface area contributed by atoms with E-state index >= 15 is 0 Å². The summed E-state index contributed by atoms with van der Waals surface area (Å²) < 4.78 is 83.5. The molecule has 0 aromatic heterocycles. The van der Waals surface area contributed by atoms with Gasteiger partial charge in [-0.15, -0.1) is 0 Å². The van der Waals surface area contributed by atoms with Crippen LogP contribution < -0.4 is 10.6 Å². The molecule has 3 rings (SSSR count). The molecule has 2 N–H and O–H groups in total. The summed E-state index contributed by atoms with van der Waals surface area (Å²) in [5.41, 5.74) is -3.61. The van der Waals surface area contributed by atoms with Crippen molar-refractivity contribution in [1.82, 2.24) is 15.1 Å². The van der Waals surface area contributed by atoms with Crippen molar-refractivity contribution in [1.29, 1.82) is 0 Å². The average molecular weight is 569 g/mol. The van der Waals surface area contributed by atoms with E-state index in [1.807, 2.05) is 0 Å². The zero-order valence-corrected chi connectivity index (χ0v) is 21.2. The van der Waals surface area contributed by atoms with Gasteiger partial charge in [0.1, 0.15) is 18.1 Å². The number of nitrogens with one attached hydrogen (secondary N) is 2. The number of esters is 1. The third-order valence-corrected chi connectivity index (χ3v) is 6.61. The molecule has 2 amide bonds. The first kappa shape index (κ1) is 29.5. The van der Waals surface area contributed by atoms with Crippen LogP contribution >= 0.6 is 12.2 Å². The number of halogens is 6. The Morgan fingerprint density at radius 1 is 0.947 bits per heavy atom. The number of ether oxygens (including phenoxy) is 1. The number of nitrogens with zero attached hydrogens (tertiary/aromatic N) is 2. The summed E-state index contributed by atoms with van der Waals surface area (Å²) in [7, 11) is 1.22. The van der Waals surface area contributed by atoms with Gasteiger partial charge < -0.3 is 25.2 Å². The standard InChI is InChI=1S/C23H26F6N4O4S/c1-12(30-21(38)31-15-10-13(22(24,25)26)9-14(11-15)23(27,28)29)18(34)32-7-3-5-16(32)19(35)33-8-4-6-17(33)20(36)37-2/h9-12,16-17H,3-8H2,1-2H3,(H2,30,31,38)/t12-,16-,17+/m0/s1. The fourth-order valence-electron chi connectivity index (χ4n) is 4.59. The van der Waals surface area contributed by atoms with E-state index in [0.717, 1.165) is 0 Å². The number of hydrogen-bond donors (Lipinski definition) is 2. The van der Waals surface area contributed by atoms with Gasteiger partial charge in [0.15, 0.2) is 5.11 Å². The van der Waals surface area contributed by atoms with E-state index in [1.54, 1.807) is 0 Å². The van der Waals surface area contributed by atoms with E-state index in [9.17, 15) is 40.7 Å². The minimum Gasteiger partial charge on any atom is -0.467 e. The van der Waals surface area contributed by atoms with Gasteiger partial charge in [0.2, 0.25) is 11.8 Å². The molecule has 1 aromatic carbocycles. The van der Waals surface area contributed by atoms with Crippen molar-refractivity contribution in [2.75, 3.05) is 25.5 Å². The predicted octanol–water partition coefficient (Wildman–Crippen LogP) is 3.55. The molecule has 38 heavy (non-hydrogen) atoms. The largest absolute Gasteiger partial charge is 0.467 e. The molecule has 0 radical (unpaired) electrons. The molecule has 8 nitrogen and oxygen atoms in total. The van der Waals surface area contributed by atoms with Gasteiger partial charge in [-0.25, -0.2) is 4.79 Å². The van der Waals surface area contributed by atoms with Crippen molar-refractivity contribution in [3.63, 3.8) is 0 Å². The smallest absolute Gasteiger partial charge is 0.416 e. The highest BCUT2D eigenvalue weighted by molar-refractivity contribution is 7.80. The Bertz CT molecular complexity index is 1060. The van der Waals surface area contributed by atoms with Gasteiger partial charge in [0.25, 0.3) is 0 Å². The molecule has 15 heteroatoms. The lowest BCUT2D eigenvalue weighted by Gasteiger charge is -2.32. The second-order valence-corrected chi connectivity index (χ2v) is 9.43. The van der Waals surface area contributed by atoms with E-state index in [4.69, 9.17) is 17.0 Å². The molecule has 210 valence electrons. The third kappa shape index (κ3) is 6.66. The first-order valence-corrected chi connectivity index (χ1v) is 12.1. The van der Waals surface area contributed by atoms with Crippen LogP contribution in [0.15, 0.2) is 18.2 Å². The summed E-state index contributed by atoms with van der Waals surface area (Å²) in [6, 6.07) is -1.69. The Morgan fingerprint density at radius 2 is 1.47 bits per heavy atom. The second-order valence-electron chi connectivity index (χ2n) is 9.02. The van der Waals surface area contributed by atoms with Crippen molar-refractivity contribution in [3.8, 4) is 0 Å². The topological polar surface area (TPSA) is 91.0 Å². The number of carbonyl (C=O) groups is 3. The highest BCUT2D eigenvalue weighted by atomic mass is 32.1. The Morgan fingerprint density at radius 3 is 2.00 bits per heavy atom. The monoisotopic (exact) mass is 568 g/mol. The first-order valence-electron chi connectivity index (χ1n) is 11.7. The van der Waals surface area contributed by atoms with Crippen LogP contribution in [0, 0.1) is 0 Å². The van der Waals surface area contributed by atoms with Crippen molar-refractivity contribution >= 4 is 40.8 Å². The van der Waals surface area contributed by atoms with Crippen molar-refractivity contribution in [2.45, 2.75) is 63.1 Å². The number of hydrogen-bond acceptors (Lipinski definition) is 5. The van der Waals surface area contributed by atoms with Gasteiger partial charge in [0.05, 0.1) is 18.2 Å². The lowest BCUT2D eigenvalue weighted by molar-refractivity contribution is -0.153. The third-order valence-electron chi connectivity index (χ3n) is 6.39. The lowest BCUT2D eigenvalue weighted by atomic mass is 10.1. The molecule has 0 spiro atoms. The first-order chi connectivity index (χ1) is 17.6. The minimum atomic E-state index is -5.03. The number of anilines is 1. The summed E-state index contributed by atoms with van der Waals surface area (Å²) in [6.45, 7) is 1.99. The molecule has 3 atom stereocenters. The van der Waals surface area contributed by atoms with Crippen LogP contribution in [0.5, 0.6) is 0 Å². The van der Waals surface area contributed by atoms with E-state index in [-0.39, 0.29) is 23.6 Å². The van der Waals surface area contributed by atoms with Gasteiger partial charge in [-0.2, -0.15) is 26.3 Å². The number of carbonyl (C=O) groups excluding carboxylic acids is 3. The molecule has 1 aromatic rings. The normalized spacial score (nSPS) is 20.7. The highest BCUT2D eigenvalue weighted by Crippen LogP contribution is 2.37. The minimum absolute atomic E-state index is 0.0105. The Labute approximate surface area is 219 Å². The summed E-state index contributed by atoms with van der Waals surface area (Å²) in [5, 5.41) is 4.44. The molecular formula is C23H26F6N4O4S. The van der Waals surface area contributed by atoms with Crippen LogP contribution in [0.25, 0.3) is 0 Å². The number of amides is 2. The molecule has 0 aliphatic carbocycles. The van der Waals surface area contributed by atoms with Gasteiger partial charge >= 0.3 is 18.3 Å². The van der Waals surface area contributed by atoms with Crippen LogP contribution in [0.1, 0.15) is 43.7 Å². The SMILES string of the molecule is COC(=O)[C@H]1CCCN1C(=O)[C@@H]1CCCN1C(=O)[C@H](C)NC(=S)Nc1cc(C(F)(F)F)cc(C(F)(F)F)c1. The number of methoxy groups -OCH3 is 1. The van der Waals surface area contributed by atoms with Crippen molar-refractivity contribution in [2.24, 2.45) is 0 Å². The fourth-order valence-corrected chi connectivity index (χ4v) is 4.89. The van der Waals surface area contributed by atoms with Crippen LogP contribution in [-0.4, -0.2) is 71.0 Å². The Hall–Kier alpha value is -3.10. The summed E-state index contributed by atoms with van der Waals surface area (Å²) in [4.78, 5) is 41.1. The average Bonchev–Trinajstić information content (AvgIpc) is 3.51. The number of rotatable bonds is 5. The van der Waals surface area contributed by atoms with E-state index in [2.05, 4.69) is 10.6 Å². The maximum Gasteiger partial charge on any atom is 0.416 e. The van der Waals surface area contributed by atoms with Gasteiger partial charge in [-0.05, 0) is 63.0 Å². The maximum absolute atomic E-state index is 13.2. The lowest BCUT2D eigenvalue weighted by Crippen LogP contribution is -2.55. The Balaban J connectivity index is 1.69. The molecule has 2 fully saturated rings. The number of benzene rings is 1. The molecule has 0 unspecified atom stereocenters. The number of likely N-dealkylation sites (tertiary alicyclic amines) is 2. The molecule has 2 saturated heterocycles. The molecule has 2 aliphatic heterocycles. The molecule has 2 heterocycles. The van der Waals surface area contributed by atoms with Gasteiger partial charge in [-0.3, -0.25) is 9.59 Å². The molecular weight excluding hydrogens is 542 g/mol. The Kier molecular flexibility index (Phi) is 8.79. The van der Waals surface area contributed by atoms with E-state index < -0.39 is 59.2 Å². The zero-order chi connectivity index (χ0) is 28.4. The van der Waals surface area contributed by atoms with Crippen molar-refractivity contribution in [3.05, 3.63) is 29.3 Å².